The first kappa shape index (κ1) is 15.9. The lowest BCUT2D eigenvalue weighted by molar-refractivity contribution is -0.385. The van der Waals surface area contributed by atoms with E-state index in [1.807, 2.05) is 0 Å². The van der Waals surface area contributed by atoms with E-state index in [9.17, 15) is 28.4 Å². The number of sulfone groups is 1. The van der Waals surface area contributed by atoms with E-state index in [1.54, 1.807) is 0 Å². The Kier molecular flexibility index (Phi) is 4.66. The molecule has 0 aliphatic carbocycles. The number of phenolic OH excluding ortho intramolecular Hbond substituents is 1. The number of nitro groups is 1. The highest BCUT2D eigenvalue weighted by Gasteiger charge is 2.23. The van der Waals surface area contributed by atoms with Crippen molar-refractivity contribution in [3.63, 3.8) is 0 Å². The molecule has 0 bridgehead atoms. The molecule has 0 saturated heterocycles. The molecular formula is C11H14N2O6S. The zero-order valence-electron chi connectivity index (χ0n) is 10.9. The summed E-state index contributed by atoms with van der Waals surface area (Å²) in [6.45, 7) is -0.0696. The summed E-state index contributed by atoms with van der Waals surface area (Å²) in [6, 6.07) is 3.58. The van der Waals surface area contributed by atoms with Crippen molar-refractivity contribution in [2.45, 2.75) is 0 Å². The van der Waals surface area contributed by atoms with Gasteiger partial charge in [-0.3, -0.25) is 14.9 Å². The lowest BCUT2D eigenvalue weighted by Crippen LogP contribution is -2.31. The van der Waals surface area contributed by atoms with Crippen LogP contribution in [0.4, 0.5) is 5.69 Å². The van der Waals surface area contributed by atoms with Crippen LogP contribution in [0, 0.1) is 10.1 Å². The van der Waals surface area contributed by atoms with E-state index in [1.165, 1.54) is 19.2 Å². The summed E-state index contributed by atoms with van der Waals surface area (Å²) < 4.78 is 22.1. The van der Waals surface area contributed by atoms with Crippen LogP contribution < -0.4 is 0 Å². The van der Waals surface area contributed by atoms with Crippen molar-refractivity contribution in [2.24, 2.45) is 0 Å². The topological polar surface area (TPSA) is 118 Å². The van der Waals surface area contributed by atoms with Gasteiger partial charge in [-0.05, 0) is 6.07 Å². The van der Waals surface area contributed by atoms with Gasteiger partial charge >= 0.3 is 5.69 Å². The standard InChI is InChI=1S/C11H14N2O6S/c1-12(6-7-20(2,18)19)11(15)8-4-3-5-9(10(8)14)13(16)17/h3-5,14H,6-7H2,1-2H3. The molecule has 110 valence electrons. The van der Waals surface area contributed by atoms with Gasteiger partial charge in [0.1, 0.15) is 9.84 Å². The quantitative estimate of drug-likeness (QED) is 0.622. The molecule has 0 aromatic heterocycles. The molecule has 1 aromatic carbocycles. The molecule has 0 radical (unpaired) electrons. The van der Waals surface area contributed by atoms with E-state index in [-0.39, 0.29) is 17.9 Å². The van der Waals surface area contributed by atoms with Gasteiger partial charge in [0.2, 0.25) is 5.75 Å². The highest BCUT2D eigenvalue weighted by molar-refractivity contribution is 7.90. The van der Waals surface area contributed by atoms with E-state index < -0.39 is 32.1 Å². The Labute approximate surface area is 115 Å². The molecule has 0 spiro atoms. The number of benzene rings is 1. The zero-order chi connectivity index (χ0) is 15.5. The van der Waals surface area contributed by atoms with Gasteiger partial charge in [-0.1, -0.05) is 6.07 Å². The highest BCUT2D eigenvalue weighted by atomic mass is 32.2. The molecule has 1 N–H and O–H groups in total. The average Bonchev–Trinajstić information content (AvgIpc) is 2.34. The summed E-state index contributed by atoms with van der Waals surface area (Å²) in [5.41, 5.74) is -0.817. The van der Waals surface area contributed by atoms with Gasteiger partial charge in [0.05, 0.1) is 16.2 Å². The smallest absolute Gasteiger partial charge is 0.311 e. The molecule has 0 saturated carbocycles. The Morgan fingerprint density at radius 1 is 1.45 bits per heavy atom. The first-order valence-corrected chi connectivity index (χ1v) is 7.59. The number of carbonyl (C=O) groups excluding carboxylic acids is 1. The first-order valence-electron chi connectivity index (χ1n) is 5.53. The van der Waals surface area contributed by atoms with Crippen LogP contribution in [-0.4, -0.2) is 54.9 Å². The maximum Gasteiger partial charge on any atom is 0.311 e. The Balaban J connectivity index is 2.98. The third-order valence-electron chi connectivity index (χ3n) is 2.59. The Bertz CT molecular complexity index is 640. The van der Waals surface area contributed by atoms with Crippen LogP contribution in [0.2, 0.25) is 0 Å². The minimum Gasteiger partial charge on any atom is -0.502 e. The van der Waals surface area contributed by atoms with Crippen LogP contribution in [0.15, 0.2) is 18.2 Å². The number of hydrogen-bond acceptors (Lipinski definition) is 6. The fraction of sp³-hybridized carbons (Fsp3) is 0.364. The van der Waals surface area contributed by atoms with Crippen LogP contribution in [0.25, 0.3) is 0 Å². The Morgan fingerprint density at radius 3 is 2.55 bits per heavy atom. The second kappa shape index (κ2) is 5.87. The molecule has 8 nitrogen and oxygen atoms in total. The summed E-state index contributed by atoms with van der Waals surface area (Å²) in [4.78, 5) is 23.0. The lowest BCUT2D eigenvalue weighted by atomic mass is 10.1. The summed E-state index contributed by atoms with van der Waals surface area (Å²) in [7, 11) is -1.88. The summed E-state index contributed by atoms with van der Waals surface area (Å²) in [5, 5.41) is 20.4. The van der Waals surface area contributed by atoms with Crippen molar-refractivity contribution in [1.82, 2.24) is 4.90 Å². The Morgan fingerprint density at radius 2 is 2.05 bits per heavy atom. The lowest BCUT2D eigenvalue weighted by Gasteiger charge is -2.17. The van der Waals surface area contributed by atoms with Crippen molar-refractivity contribution in [2.75, 3.05) is 25.6 Å². The fourth-order valence-corrected chi connectivity index (χ4v) is 2.07. The normalized spacial score (nSPS) is 11.1. The molecule has 1 rings (SSSR count). The van der Waals surface area contributed by atoms with E-state index in [0.717, 1.165) is 17.2 Å². The molecular weight excluding hydrogens is 288 g/mol. The van der Waals surface area contributed by atoms with Crippen molar-refractivity contribution < 1.29 is 23.2 Å². The number of para-hydroxylation sites is 1. The SMILES string of the molecule is CN(CCS(C)(=O)=O)C(=O)c1cccc([N+](=O)[O-])c1O. The minimum absolute atomic E-state index is 0.0696. The van der Waals surface area contributed by atoms with Gasteiger partial charge in [0.25, 0.3) is 5.91 Å². The fourth-order valence-electron chi connectivity index (χ4n) is 1.46. The van der Waals surface area contributed by atoms with Crippen LogP contribution in [0.3, 0.4) is 0 Å². The first-order chi connectivity index (χ1) is 9.13. The summed E-state index contributed by atoms with van der Waals surface area (Å²) in [5.74, 6) is -1.64. The van der Waals surface area contributed by atoms with Gasteiger partial charge in [-0.25, -0.2) is 8.42 Å². The molecule has 9 heteroatoms. The number of nitrogens with zero attached hydrogens (tertiary/aromatic N) is 2. The largest absolute Gasteiger partial charge is 0.502 e. The van der Waals surface area contributed by atoms with Gasteiger partial charge in [-0.2, -0.15) is 0 Å². The maximum absolute atomic E-state index is 12.0. The van der Waals surface area contributed by atoms with Crippen molar-refractivity contribution in [3.8, 4) is 5.75 Å². The molecule has 0 aliphatic heterocycles. The van der Waals surface area contributed by atoms with Gasteiger partial charge in [0.15, 0.2) is 0 Å². The minimum atomic E-state index is -3.23. The maximum atomic E-state index is 12.0. The number of amides is 1. The molecule has 1 aromatic rings. The number of carbonyl (C=O) groups is 1. The van der Waals surface area contributed by atoms with Crippen molar-refractivity contribution in [3.05, 3.63) is 33.9 Å². The van der Waals surface area contributed by atoms with Crippen molar-refractivity contribution >= 4 is 21.4 Å². The van der Waals surface area contributed by atoms with E-state index >= 15 is 0 Å². The average molecular weight is 302 g/mol. The molecule has 0 atom stereocenters. The van der Waals surface area contributed by atoms with Crippen LogP contribution in [0.5, 0.6) is 5.75 Å². The van der Waals surface area contributed by atoms with E-state index in [4.69, 9.17) is 0 Å². The van der Waals surface area contributed by atoms with Crippen molar-refractivity contribution in [1.29, 1.82) is 0 Å². The van der Waals surface area contributed by atoms with Gasteiger partial charge in [0, 0.05) is 25.9 Å². The highest BCUT2D eigenvalue weighted by Crippen LogP contribution is 2.29. The van der Waals surface area contributed by atoms with E-state index in [2.05, 4.69) is 0 Å². The number of hydrogen-bond donors (Lipinski definition) is 1. The van der Waals surface area contributed by atoms with E-state index in [0.29, 0.717) is 0 Å². The molecule has 20 heavy (non-hydrogen) atoms. The molecule has 0 heterocycles. The number of nitro benzene ring substituents is 1. The second-order valence-electron chi connectivity index (χ2n) is 4.29. The summed E-state index contributed by atoms with van der Waals surface area (Å²) >= 11 is 0. The number of aromatic hydroxyl groups is 1. The molecule has 0 unspecified atom stereocenters. The van der Waals surface area contributed by atoms with Crippen LogP contribution >= 0.6 is 0 Å². The predicted octanol–water partition coefficient (Wildman–Crippen LogP) is 0.417. The second-order valence-corrected chi connectivity index (χ2v) is 6.55. The zero-order valence-corrected chi connectivity index (χ0v) is 11.8. The summed E-state index contributed by atoms with van der Waals surface area (Å²) in [6.07, 6.45) is 1.04. The Hall–Kier alpha value is -2.16. The molecule has 1 amide bonds. The number of rotatable bonds is 5. The molecule has 0 fully saturated rings. The third kappa shape index (κ3) is 3.92. The predicted molar refractivity (Wildman–Crippen MR) is 71.4 cm³/mol. The monoisotopic (exact) mass is 302 g/mol. The van der Waals surface area contributed by atoms with Crippen LogP contribution in [-0.2, 0) is 9.84 Å². The van der Waals surface area contributed by atoms with Gasteiger partial charge in [-0.15, -0.1) is 0 Å². The molecule has 0 aliphatic rings. The third-order valence-corrected chi connectivity index (χ3v) is 3.51. The van der Waals surface area contributed by atoms with Crippen LogP contribution in [0.1, 0.15) is 10.4 Å². The number of phenols is 1. The van der Waals surface area contributed by atoms with Gasteiger partial charge < -0.3 is 10.0 Å².